The minimum absolute atomic E-state index is 0.111. The maximum Gasteiger partial charge on any atom is 0.228 e. The molecule has 0 bridgehead atoms. The lowest BCUT2D eigenvalue weighted by Crippen LogP contribution is -2.27. The number of methoxy groups -OCH3 is 2. The molecule has 1 saturated carbocycles. The molecular weight excluding hydrogens is 368 g/mol. The second-order valence-electron chi connectivity index (χ2n) is 6.33. The molecule has 0 aliphatic heterocycles. The van der Waals surface area contributed by atoms with Crippen LogP contribution in [0.25, 0.3) is 0 Å². The number of rotatable bonds is 7. The van der Waals surface area contributed by atoms with Gasteiger partial charge in [0.15, 0.2) is 0 Å². The first-order chi connectivity index (χ1) is 13.0. The van der Waals surface area contributed by atoms with Crippen LogP contribution in [-0.2, 0) is 16.1 Å². The van der Waals surface area contributed by atoms with E-state index in [1.165, 1.54) is 14.2 Å². The summed E-state index contributed by atoms with van der Waals surface area (Å²) in [5.41, 5.74) is 1.48. The summed E-state index contributed by atoms with van der Waals surface area (Å²) in [6, 6.07) is 12.8. The second-order valence-corrected chi connectivity index (χ2v) is 6.74. The Morgan fingerprint density at radius 3 is 2.37 bits per heavy atom. The zero-order valence-corrected chi connectivity index (χ0v) is 15.9. The fraction of sp³-hybridized carbons (Fsp3) is 0.300. The molecule has 2 atom stereocenters. The summed E-state index contributed by atoms with van der Waals surface area (Å²) < 4.78 is 10.4. The van der Waals surface area contributed by atoms with Crippen molar-refractivity contribution in [1.29, 1.82) is 0 Å². The van der Waals surface area contributed by atoms with E-state index < -0.39 is 0 Å². The quantitative estimate of drug-likeness (QED) is 0.763. The predicted octanol–water partition coefficient (Wildman–Crippen LogP) is 3.25. The molecule has 27 heavy (non-hydrogen) atoms. The van der Waals surface area contributed by atoms with Gasteiger partial charge in [0.25, 0.3) is 0 Å². The van der Waals surface area contributed by atoms with Gasteiger partial charge >= 0.3 is 0 Å². The van der Waals surface area contributed by atoms with Gasteiger partial charge in [0.05, 0.1) is 36.8 Å². The van der Waals surface area contributed by atoms with Crippen LogP contribution >= 0.6 is 11.6 Å². The molecule has 142 valence electrons. The third-order valence-electron chi connectivity index (χ3n) is 4.51. The Morgan fingerprint density at radius 2 is 1.70 bits per heavy atom. The van der Waals surface area contributed by atoms with Crippen LogP contribution in [0.2, 0.25) is 5.02 Å². The number of carbonyl (C=O) groups is 2. The van der Waals surface area contributed by atoms with Gasteiger partial charge in [-0.2, -0.15) is 0 Å². The van der Waals surface area contributed by atoms with Crippen molar-refractivity contribution >= 4 is 29.1 Å². The van der Waals surface area contributed by atoms with Crippen molar-refractivity contribution in [1.82, 2.24) is 5.32 Å². The third kappa shape index (κ3) is 4.52. The SMILES string of the molecule is COc1cc(NC(=O)C2CC2C(=O)NCc2ccccc2)c(OC)cc1Cl. The number of hydrogen-bond acceptors (Lipinski definition) is 4. The van der Waals surface area contributed by atoms with Crippen LogP contribution in [-0.4, -0.2) is 26.0 Å². The fourth-order valence-electron chi connectivity index (χ4n) is 2.87. The molecule has 1 aliphatic rings. The van der Waals surface area contributed by atoms with Gasteiger partial charge in [0.1, 0.15) is 11.5 Å². The minimum atomic E-state index is -0.354. The largest absolute Gasteiger partial charge is 0.495 e. The standard InChI is InChI=1S/C20H21ClN2O4/c1-26-17-10-16(18(27-2)9-15(17)21)23-20(25)14-8-13(14)19(24)22-11-12-6-4-3-5-7-12/h3-7,9-10,13-14H,8,11H2,1-2H3,(H,22,24)(H,23,25). The number of amides is 2. The van der Waals surface area contributed by atoms with E-state index in [-0.39, 0.29) is 23.7 Å². The van der Waals surface area contributed by atoms with Gasteiger partial charge in [-0.1, -0.05) is 41.9 Å². The molecule has 0 radical (unpaired) electrons. The van der Waals surface area contributed by atoms with Crippen LogP contribution in [0.4, 0.5) is 5.69 Å². The number of hydrogen-bond donors (Lipinski definition) is 2. The van der Waals surface area contributed by atoms with E-state index >= 15 is 0 Å². The van der Waals surface area contributed by atoms with Crippen LogP contribution in [0, 0.1) is 11.8 Å². The Balaban J connectivity index is 1.58. The molecule has 1 aliphatic carbocycles. The van der Waals surface area contributed by atoms with Crippen molar-refractivity contribution in [2.45, 2.75) is 13.0 Å². The lowest BCUT2D eigenvalue weighted by Gasteiger charge is -2.13. The highest BCUT2D eigenvalue weighted by atomic mass is 35.5. The Morgan fingerprint density at radius 1 is 1.04 bits per heavy atom. The highest BCUT2D eigenvalue weighted by Gasteiger charge is 2.48. The van der Waals surface area contributed by atoms with Crippen LogP contribution in [0.15, 0.2) is 42.5 Å². The minimum Gasteiger partial charge on any atom is -0.495 e. The van der Waals surface area contributed by atoms with Crippen molar-refractivity contribution in [3.05, 3.63) is 53.1 Å². The van der Waals surface area contributed by atoms with E-state index in [0.29, 0.717) is 35.2 Å². The Hall–Kier alpha value is -2.73. The van der Waals surface area contributed by atoms with E-state index in [1.807, 2.05) is 30.3 Å². The highest BCUT2D eigenvalue weighted by Crippen LogP contribution is 2.41. The first-order valence-corrected chi connectivity index (χ1v) is 8.95. The summed E-state index contributed by atoms with van der Waals surface area (Å²) in [5.74, 6) is -0.140. The highest BCUT2D eigenvalue weighted by molar-refractivity contribution is 6.32. The average molecular weight is 389 g/mol. The fourth-order valence-corrected chi connectivity index (χ4v) is 3.11. The lowest BCUT2D eigenvalue weighted by molar-refractivity contribution is -0.125. The van der Waals surface area contributed by atoms with Gasteiger partial charge in [0.2, 0.25) is 11.8 Å². The zero-order valence-electron chi connectivity index (χ0n) is 15.1. The molecule has 2 aromatic carbocycles. The van der Waals surface area contributed by atoms with Gasteiger partial charge in [-0.15, -0.1) is 0 Å². The molecule has 0 heterocycles. The molecule has 0 spiro atoms. The third-order valence-corrected chi connectivity index (χ3v) is 4.80. The van der Waals surface area contributed by atoms with Crippen LogP contribution in [0.1, 0.15) is 12.0 Å². The molecule has 2 aromatic rings. The summed E-state index contributed by atoms with van der Waals surface area (Å²) >= 11 is 6.07. The van der Waals surface area contributed by atoms with Crippen LogP contribution in [0.5, 0.6) is 11.5 Å². The van der Waals surface area contributed by atoms with Gasteiger partial charge in [-0.25, -0.2) is 0 Å². The Labute approximate surface area is 162 Å². The van der Waals surface area contributed by atoms with E-state index in [0.717, 1.165) is 5.56 Å². The molecule has 0 saturated heterocycles. The molecular formula is C20H21ClN2O4. The van der Waals surface area contributed by atoms with Crippen molar-refractivity contribution in [3.63, 3.8) is 0 Å². The summed E-state index contributed by atoms with van der Waals surface area (Å²) in [5, 5.41) is 6.06. The normalized spacial score (nSPS) is 17.7. The van der Waals surface area contributed by atoms with E-state index in [1.54, 1.807) is 12.1 Å². The average Bonchev–Trinajstić information content (AvgIpc) is 3.49. The van der Waals surface area contributed by atoms with Crippen molar-refractivity contribution < 1.29 is 19.1 Å². The lowest BCUT2D eigenvalue weighted by atomic mass is 10.2. The van der Waals surface area contributed by atoms with E-state index in [2.05, 4.69) is 10.6 Å². The molecule has 0 aromatic heterocycles. The number of ether oxygens (including phenoxy) is 2. The van der Waals surface area contributed by atoms with E-state index in [9.17, 15) is 9.59 Å². The van der Waals surface area contributed by atoms with Gasteiger partial charge < -0.3 is 20.1 Å². The maximum atomic E-state index is 12.5. The smallest absolute Gasteiger partial charge is 0.228 e. The van der Waals surface area contributed by atoms with Crippen LogP contribution < -0.4 is 20.1 Å². The Kier molecular flexibility index (Phi) is 5.86. The zero-order chi connectivity index (χ0) is 19.4. The van der Waals surface area contributed by atoms with Gasteiger partial charge in [-0.3, -0.25) is 9.59 Å². The molecule has 3 rings (SSSR count). The van der Waals surface area contributed by atoms with Crippen molar-refractivity contribution in [2.75, 3.05) is 19.5 Å². The summed E-state index contributed by atoms with van der Waals surface area (Å²) in [4.78, 5) is 24.8. The van der Waals surface area contributed by atoms with Crippen LogP contribution in [0.3, 0.4) is 0 Å². The second kappa shape index (κ2) is 8.31. The molecule has 2 amide bonds. The number of nitrogens with one attached hydrogen (secondary N) is 2. The number of anilines is 1. The summed E-state index contributed by atoms with van der Waals surface area (Å²) in [7, 11) is 2.98. The van der Waals surface area contributed by atoms with Gasteiger partial charge in [-0.05, 0) is 12.0 Å². The molecule has 6 nitrogen and oxygen atoms in total. The first-order valence-electron chi connectivity index (χ1n) is 8.57. The molecule has 2 unspecified atom stereocenters. The predicted molar refractivity (Wildman–Crippen MR) is 103 cm³/mol. The number of halogens is 1. The molecule has 2 N–H and O–H groups in total. The Bertz CT molecular complexity index is 841. The summed E-state index contributed by atoms with van der Waals surface area (Å²) in [6.45, 7) is 0.451. The van der Waals surface area contributed by atoms with E-state index in [4.69, 9.17) is 21.1 Å². The van der Waals surface area contributed by atoms with Crippen molar-refractivity contribution in [2.24, 2.45) is 11.8 Å². The monoisotopic (exact) mass is 388 g/mol. The number of benzene rings is 2. The first kappa shape index (κ1) is 19.0. The molecule has 1 fully saturated rings. The van der Waals surface area contributed by atoms with Gasteiger partial charge in [0, 0.05) is 18.7 Å². The number of carbonyl (C=O) groups excluding carboxylic acids is 2. The maximum absolute atomic E-state index is 12.5. The topological polar surface area (TPSA) is 76.7 Å². The summed E-state index contributed by atoms with van der Waals surface area (Å²) in [6.07, 6.45) is 0.527. The molecule has 7 heteroatoms. The van der Waals surface area contributed by atoms with Crippen molar-refractivity contribution in [3.8, 4) is 11.5 Å².